The van der Waals surface area contributed by atoms with Gasteiger partial charge in [-0.05, 0) is 57.2 Å². The van der Waals surface area contributed by atoms with Crippen molar-refractivity contribution in [1.29, 1.82) is 0 Å². The lowest BCUT2D eigenvalue weighted by atomic mass is 10.2. The van der Waals surface area contributed by atoms with Gasteiger partial charge in [0.15, 0.2) is 5.16 Å². The summed E-state index contributed by atoms with van der Waals surface area (Å²) in [4.78, 5) is 42.0. The first kappa shape index (κ1) is 22.4. The second-order valence-corrected chi connectivity index (χ2v) is 7.90. The molecule has 1 aromatic heterocycles. The Hall–Kier alpha value is -3.33. The van der Waals surface area contributed by atoms with Crippen LogP contribution in [0.15, 0.2) is 58.5 Å². The molecule has 0 aliphatic heterocycles. The SMILES string of the molecule is CCNC(=O)NC(=O)C(C)Sc1nc2ccccc2c(=O)n1-c1ccc(OCC)cc1. The number of urea groups is 1. The van der Waals surface area contributed by atoms with E-state index in [2.05, 4.69) is 15.6 Å². The van der Waals surface area contributed by atoms with Crippen molar-refractivity contribution in [3.63, 3.8) is 0 Å². The molecule has 2 N–H and O–H groups in total. The fraction of sp³-hybridized carbons (Fsp3) is 0.273. The van der Waals surface area contributed by atoms with E-state index in [1.165, 1.54) is 4.57 Å². The third-order valence-corrected chi connectivity index (χ3v) is 5.43. The summed E-state index contributed by atoms with van der Waals surface area (Å²) >= 11 is 1.11. The van der Waals surface area contributed by atoms with Crippen LogP contribution in [0.2, 0.25) is 0 Å². The highest BCUT2D eigenvalue weighted by molar-refractivity contribution is 8.00. The molecule has 0 fully saturated rings. The number of benzene rings is 2. The second-order valence-electron chi connectivity index (χ2n) is 6.59. The van der Waals surface area contributed by atoms with Gasteiger partial charge in [0.05, 0.1) is 28.4 Å². The van der Waals surface area contributed by atoms with Crippen LogP contribution in [0.5, 0.6) is 5.75 Å². The molecular formula is C22H24N4O4S. The summed E-state index contributed by atoms with van der Waals surface area (Å²) in [6.45, 7) is 6.26. The van der Waals surface area contributed by atoms with E-state index < -0.39 is 17.2 Å². The van der Waals surface area contributed by atoms with Crippen LogP contribution in [0, 0.1) is 0 Å². The lowest BCUT2D eigenvalue weighted by Gasteiger charge is -2.16. The molecule has 1 unspecified atom stereocenters. The van der Waals surface area contributed by atoms with E-state index in [-0.39, 0.29) is 5.56 Å². The number of aromatic nitrogens is 2. The fourth-order valence-corrected chi connectivity index (χ4v) is 3.83. The Balaban J connectivity index is 2.01. The lowest BCUT2D eigenvalue weighted by Crippen LogP contribution is -2.42. The number of hydrogen-bond acceptors (Lipinski definition) is 6. The minimum absolute atomic E-state index is 0.242. The van der Waals surface area contributed by atoms with E-state index in [9.17, 15) is 14.4 Å². The van der Waals surface area contributed by atoms with Crippen LogP contribution in [0.3, 0.4) is 0 Å². The van der Waals surface area contributed by atoms with Gasteiger partial charge in [-0.1, -0.05) is 23.9 Å². The summed E-state index contributed by atoms with van der Waals surface area (Å²) < 4.78 is 6.95. The van der Waals surface area contributed by atoms with Crippen molar-refractivity contribution in [3.8, 4) is 11.4 Å². The molecule has 3 rings (SSSR count). The van der Waals surface area contributed by atoms with Crippen LogP contribution in [0.1, 0.15) is 20.8 Å². The van der Waals surface area contributed by atoms with Crippen molar-refractivity contribution in [1.82, 2.24) is 20.2 Å². The maximum absolute atomic E-state index is 13.3. The molecule has 9 heteroatoms. The van der Waals surface area contributed by atoms with E-state index in [0.29, 0.717) is 40.6 Å². The summed E-state index contributed by atoms with van der Waals surface area (Å²) in [6.07, 6.45) is 0. The van der Waals surface area contributed by atoms with E-state index in [4.69, 9.17) is 4.74 Å². The molecular weight excluding hydrogens is 416 g/mol. The van der Waals surface area contributed by atoms with Gasteiger partial charge >= 0.3 is 6.03 Å². The molecule has 1 atom stereocenters. The number of fused-ring (bicyclic) bond motifs is 1. The van der Waals surface area contributed by atoms with Crippen LogP contribution in [-0.2, 0) is 4.79 Å². The number of para-hydroxylation sites is 1. The summed E-state index contributed by atoms with van der Waals surface area (Å²) in [7, 11) is 0. The zero-order valence-corrected chi connectivity index (χ0v) is 18.4. The molecule has 0 spiro atoms. The zero-order chi connectivity index (χ0) is 22.4. The molecule has 1 heterocycles. The van der Waals surface area contributed by atoms with Crippen LogP contribution in [0.4, 0.5) is 4.79 Å². The Morgan fingerprint density at radius 2 is 1.84 bits per heavy atom. The quantitative estimate of drug-likeness (QED) is 0.432. The van der Waals surface area contributed by atoms with Crippen LogP contribution in [0.25, 0.3) is 16.6 Å². The number of nitrogens with zero attached hydrogens (tertiary/aromatic N) is 2. The fourth-order valence-electron chi connectivity index (χ4n) is 2.91. The molecule has 0 aliphatic rings. The molecule has 162 valence electrons. The molecule has 3 aromatic rings. The molecule has 0 radical (unpaired) electrons. The summed E-state index contributed by atoms with van der Waals surface area (Å²) in [6, 6.07) is 13.6. The zero-order valence-electron chi connectivity index (χ0n) is 17.5. The minimum atomic E-state index is -0.662. The number of hydrogen-bond donors (Lipinski definition) is 2. The highest BCUT2D eigenvalue weighted by Gasteiger charge is 2.21. The summed E-state index contributed by atoms with van der Waals surface area (Å²) in [5.74, 6) is 0.216. The third kappa shape index (κ3) is 5.24. The molecule has 0 saturated heterocycles. The number of rotatable bonds is 7. The first-order chi connectivity index (χ1) is 14.9. The predicted octanol–water partition coefficient (Wildman–Crippen LogP) is 3.11. The first-order valence-corrected chi connectivity index (χ1v) is 10.8. The van der Waals surface area contributed by atoms with Crippen LogP contribution < -0.4 is 20.9 Å². The predicted molar refractivity (Wildman–Crippen MR) is 121 cm³/mol. The molecule has 0 aliphatic carbocycles. The average Bonchev–Trinajstić information content (AvgIpc) is 2.75. The van der Waals surface area contributed by atoms with Gasteiger partial charge in [0.2, 0.25) is 5.91 Å². The largest absolute Gasteiger partial charge is 0.494 e. The van der Waals surface area contributed by atoms with Gasteiger partial charge in [-0.2, -0.15) is 0 Å². The molecule has 0 bridgehead atoms. The van der Waals surface area contributed by atoms with Crippen LogP contribution in [-0.4, -0.2) is 39.9 Å². The normalized spacial score (nSPS) is 11.7. The highest BCUT2D eigenvalue weighted by atomic mass is 32.2. The summed E-state index contributed by atoms with van der Waals surface area (Å²) in [5.41, 5.74) is 0.896. The van der Waals surface area contributed by atoms with Crippen LogP contribution >= 0.6 is 11.8 Å². The smallest absolute Gasteiger partial charge is 0.321 e. The molecule has 8 nitrogen and oxygen atoms in total. The standard InChI is InChI=1S/C22H24N4O4S/c1-4-23-21(29)25-19(27)14(3)31-22-24-18-9-7-6-8-17(18)20(28)26(22)15-10-12-16(13-11-15)30-5-2/h6-14H,4-5H2,1-3H3,(H2,23,25,27,29). The second kappa shape index (κ2) is 10.1. The Kier molecular flexibility index (Phi) is 7.30. The van der Waals surface area contributed by atoms with E-state index in [1.54, 1.807) is 62.4 Å². The van der Waals surface area contributed by atoms with Crippen molar-refractivity contribution in [2.75, 3.05) is 13.2 Å². The number of amides is 3. The Labute approximate surface area is 184 Å². The topological polar surface area (TPSA) is 102 Å². The number of imide groups is 1. The number of ether oxygens (including phenoxy) is 1. The number of carbonyl (C=O) groups excluding carboxylic acids is 2. The maximum Gasteiger partial charge on any atom is 0.321 e. The van der Waals surface area contributed by atoms with E-state index in [1.807, 2.05) is 6.92 Å². The Morgan fingerprint density at radius 3 is 2.52 bits per heavy atom. The highest BCUT2D eigenvalue weighted by Crippen LogP contribution is 2.26. The monoisotopic (exact) mass is 440 g/mol. The average molecular weight is 441 g/mol. The number of carbonyl (C=O) groups is 2. The Bertz CT molecular complexity index is 1140. The van der Waals surface area contributed by atoms with E-state index in [0.717, 1.165) is 11.8 Å². The van der Waals surface area contributed by atoms with Crippen molar-refractivity contribution in [2.24, 2.45) is 0 Å². The van der Waals surface area contributed by atoms with Gasteiger partial charge in [-0.25, -0.2) is 9.78 Å². The molecule has 3 amide bonds. The number of thioether (sulfide) groups is 1. The maximum atomic E-state index is 13.3. The number of nitrogens with one attached hydrogen (secondary N) is 2. The third-order valence-electron chi connectivity index (χ3n) is 4.38. The van der Waals surface area contributed by atoms with Gasteiger partial charge in [0.25, 0.3) is 5.56 Å². The Morgan fingerprint density at radius 1 is 1.13 bits per heavy atom. The van der Waals surface area contributed by atoms with Gasteiger partial charge in [0.1, 0.15) is 5.75 Å². The molecule has 31 heavy (non-hydrogen) atoms. The van der Waals surface area contributed by atoms with Gasteiger partial charge in [-0.3, -0.25) is 19.5 Å². The lowest BCUT2D eigenvalue weighted by molar-refractivity contribution is -0.119. The van der Waals surface area contributed by atoms with Crippen molar-refractivity contribution >= 4 is 34.6 Å². The van der Waals surface area contributed by atoms with Gasteiger partial charge < -0.3 is 10.1 Å². The van der Waals surface area contributed by atoms with Gasteiger partial charge in [0, 0.05) is 6.54 Å². The van der Waals surface area contributed by atoms with Gasteiger partial charge in [-0.15, -0.1) is 0 Å². The van der Waals surface area contributed by atoms with E-state index >= 15 is 0 Å². The molecule has 2 aromatic carbocycles. The molecule has 0 saturated carbocycles. The minimum Gasteiger partial charge on any atom is -0.494 e. The van der Waals surface area contributed by atoms with Crippen molar-refractivity contribution in [3.05, 3.63) is 58.9 Å². The summed E-state index contributed by atoms with van der Waals surface area (Å²) in [5, 5.41) is 4.97. The van der Waals surface area contributed by atoms with Crippen molar-refractivity contribution in [2.45, 2.75) is 31.2 Å². The van der Waals surface area contributed by atoms with Crippen molar-refractivity contribution < 1.29 is 14.3 Å². The first-order valence-electron chi connectivity index (χ1n) is 9.95.